The highest BCUT2D eigenvalue weighted by Gasteiger charge is 2.34. The van der Waals surface area contributed by atoms with Crippen LogP contribution >= 0.6 is 23.2 Å². The second-order valence-electron chi connectivity index (χ2n) is 6.72. The van der Waals surface area contributed by atoms with Crippen LogP contribution in [0.25, 0.3) is 0 Å². The molecule has 2 aliphatic rings. The Morgan fingerprint density at radius 2 is 1.17 bits per heavy atom. The number of sulfonamides is 2. The van der Waals surface area contributed by atoms with Crippen LogP contribution in [0.1, 0.15) is 0 Å². The third-order valence-electron chi connectivity index (χ3n) is 4.82. The average Bonchev–Trinajstić information content (AvgIpc) is 2.72. The van der Waals surface area contributed by atoms with Gasteiger partial charge in [0.25, 0.3) is 0 Å². The van der Waals surface area contributed by atoms with Gasteiger partial charge in [-0.05, 0) is 30.3 Å². The van der Waals surface area contributed by atoms with Gasteiger partial charge in [0.05, 0.1) is 9.79 Å². The van der Waals surface area contributed by atoms with Crippen LogP contribution in [-0.4, -0.2) is 64.8 Å². The normalized spacial score (nSPS) is 18.3. The predicted octanol–water partition coefficient (Wildman–Crippen LogP) is 2.46. The number of benzene rings is 2. The number of ether oxygens (including phenoxy) is 2. The first-order valence-corrected chi connectivity index (χ1v) is 12.7. The van der Waals surface area contributed by atoms with Crippen molar-refractivity contribution < 1.29 is 26.3 Å². The van der Waals surface area contributed by atoms with Crippen molar-refractivity contribution in [2.75, 3.05) is 39.4 Å². The van der Waals surface area contributed by atoms with E-state index in [9.17, 15) is 16.8 Å². The molecule has 2 aromatic carbocycles. The molecule has 0 atom stereocenters. The monoisotopic (exact) mass is 492 g/mol. The molecule has 2 aliphatic heterocycles. The van der Waals surface area contributed by atoms with Crippen LogP contribution in [0.15, 0.2) is 46.2 Å². The zero-order chi connectivity index (χ0) is 21.5. The van der Waals surface area contributed by atoms with Crippen molar-refractivity contribution in [2.45, 2.75) is 9.79 Å². The van der Waals surface area contributed by atoms with Crippen molar-refractivity contribution in [1.29, 1.82) is 0 Å². The van der Waals surface area contributed by atoms with Crippen LogP contribution in [0, 0.1) is 0 Å². The van der Waals surface area contributed by atoms with Gasteiger partial charge in [-0.25, -0.2) is 16.8 Å². The Hall–Kier alpha value is -1.56. The van der Waals surface area contributed by atoms with Crippen molar-refractivity contribution in [3.63, 3.8) is 0 Å². The molecule has 0 N–H and O–H groups in total. The van der Waals surface area contributed by atoms with E-state index in [0.717, 1.165) is 0 Å². The first-order chi connectivity index (χ1) is 14.2. The summed E-state index contributed by atoms with van der Waals surface area (Å²) in [4.78, 5) is 0.0489. The minimum atomic E-state index is -3.85. The van der Waals surface area contributed by atoms with Gasteiger partial charge >= 0.3 is 0 Å². The average molecular weight is 493 g/mol. The maximum absolute atomic E-state index is 13.0. The van der Waals surface area contributed by atoms with E-state index in [1.807, 2.05) is 0 Å². The maximum atomic E-state index is 13.0. The molecular formula is C18H18Cl2N2O6S2. The van der Waals surface area contributed by atoms with Gasteiger partial charge in [0.2, 0.25) is 20.0 Å². The highest BCUT2D eigenvalue weighted by Crippen LogP contribution is 2.33. The molecule has 0 unspecified atom stereocenters. The van der Waals surface area contributed by atoms with Crippen LogP contribution in [0.4, 0.5) is 0 Å². The van der Waals surface area contributed by atoms with E-state index in [-0.39, 0.29) is 46.0 Å². The molecule has 0 radical (unpaired) electrons. The molecule has 162 valence electrons. The molecule has 0 aliphatic carbocycles. The topological polar surface area (TPSA) is 93.2 Å². The molecule has 2 heterocycles. The Bertz CT molecular complexity index is 1160. The first-order valence-electron chi connectivity index (χ1n) is 9.04. The fourth-order valence-corrected chi connectivity index (χ4v) is 6.90. The Morgan fingerprint density at radius 3 is 1.73 bits per heavy atom. The largest absolute Gasteiger partial charge is 0.486 e. The van der Waals surface area contributed by atoms with Gasteiger partial charge in [-0.15, -0.1) is 0 Å². The SMILES string of the molecule is O=S(=O)(c1cc(Cl)cc(Cl)c1)N1CCN(S(=O)(=O)c2ccc3c(c2)OCCO3)CC1. The summed E-state index contributed by atoms with van der Waals surface area (Å²) in [5.74, 6) is 0.873. The van der Waals surface area contributed by atoms with Gasteiger partial charge in [-0.3, -0.25) is 0 Å². The maximum Gasteiger partial charge on any atom is 0.243 e. The van der Waals surface area contributed by atoms with Crippen molar-refractivity contribution in [1.82, 2.24) is 8.61 Å². The summed E-state index contributed by atoms with van der Waals surface area (Å²) < 4.78 is 65.2. The molecule has 0 spiro atoms. The number of fused-ring (bicyclic) bond motifs is 1. The summed E-state index contributed by atoms with van der Waals surface area (Å²) in [6.07, 6.45) is 0. The second-order valence-corrected chi connectivity index (χ2v) is 11.5. The quantitative estimate of drug-likeness (QED) is 0.650. The molecule has 0 amide bonds. The minimum absolute atomic E-state index is 0.0102. The number of halogens is 2. The van der Waals surface area contributed by atoms with Crippen LogP contribution in [0.5, 0.6) is 11.5 Å². The standard InChI is InChI=1S/C18H18Cl2N2O6S2/c19-13-9-14(20)11-16(10-13)30(25,26)22-5-3-21(4-6-22)29(23,24)15-1-2-17-18(12-15)28-8-7-27-17/h1-2,9-12H,3-8H2. The van der Waals surface area contributed by atoms with Crippen LogP contribution in [0.3, 0.4) is 0 Å². The zero-order valence-electron chi connectivity index (χ0n) is 15.6. The van der Waals surface area contributed by atoms with Gasteiger partial charge in [-0.1, -0.05) is 23.2 Å². The molecule has 4 rings (SSSR count). The number of hydrogen-bond donors (Lipinski definition) is 0. The van der Waals surface area contributed by atoms with E-state index < -0.39 is 20.0 Å². The van der Waals surface area contributed by atoms with Gasteiger partial charge in [0.1, 0.15) is 13.2 Å². The summed E-state index contributed by atoms with van der Waals surface area (Å²) in [6.45, 7) is 0.815. The van der Waals surface area contributed by atoms with Gasteiger partial charge < -0.3 is 9.47 Å². The highest BCUT2D eigenvalue weighted by molar-refractivity contribution is 7.89. The molecule has 2 aromatic rings. The molecule has 0 saturated carbocycles. The third-order valence-corrected chi connectivity index (χ3v) is 9.03. The lowest BCUT2D eigenvalue weighted by molar-refractivity contribution is 0.171. The Labute approximate surface area is 185 Å². The zero-order valence-corrected chi connectivity index (χ0v) is 18.8. The fourth-order valence-electron chi connectivity index (χ4n) is 3.31. The molecule has 0 bridgehead atoms. The summed E-state index contributed by atoms with van der Waals surface area (Å²) >= 11 is 11.8. The fraction of sp³-hybridized carbons (Fsp3) is 0.333. The molecule has 1 fully saturated rings. The minimum Gasteiger partial charge on any atom is -0.486 e. The number of piperazine rings is 1. The van der Waals surface area contributed by atoms with E-state index >= 15 is 0 Å². The van der Waals surface area contributed by atoms with E-state index in [2.05, 4.69) is 0 Å². The van der Waals surface area contributed by atoms with Gasteiger partial charge in [0.15, 0.2) is 11.5 Å². The van der Waals surface area contributed by atoms with Crippen molar-refractivity contribution in [3.05, 3.63) is 46.4 Å². The lowest BCUT2D eigenvalue weighted by Crippen LogP contribution is -2.50. The van der Waals surface area contributed by atoms with Crippen molar-refractivity contribution >= 4 is 43.2 Å². The summed E-state index contributed by atoms with van der Waals surface area (Å²) in [5, 5.41) is 0.418. The molecule has 0 aromatic heterocycles. The number of rotatable bonds is 4. The van der Waals surface area contributed by atoms with Crippen molar-refractivity contribution in [2.24, 2.45) is 0 Å². The van der Waals surface area contributed by atoms with Gasteiger partial charge in [-0.2, -0.15) is 8.61 Å². The Kier molecular flexibility index (Phi) is 5.90. The predicted molar refractivity (Wildman–Crippen MR) is 111 cm³/mol. The molecule has 1 saturated heterocycles. The van der Waals surface area contributed by atoms with E-state index in [1.165, 1.54) is 38.9 Å². The third kappa shape index (κ3) is 4.12. The van der Waals surface area contributed by atoms with E-state index in [4.69, 9.17) is 32.7 Å². The Morgan fingerprint density at radius 1 is 0.667 bits per heavy atom. The first kappa shape index (κ1) is 21.7. The van der Waals surface area contributed by atoms with Crippen LogP contribution in [0.2, 0.25) is 10.0 Å². The smallest absolute Gasteiger partial charge is 0.243 e. The highest BCUT2D eigenvalue weighted by atomic mass is 35.5. The van der Waals surface area contributed by atoms with E-state index in [1.54, 1.807) is 6.07 Å². The lowest BCUT2D eigenvalue weighted by atomic mass is 10.3. The Balaban J connectivity index is 1.51. The molecule has 8 nitrogen and oxygen atoms in total. The summed E-state index contributed by atoms with van der Waals surface area (Å²) in [7, 11) is -7.65. The number of hydrogen-bond acceptors (Lipinski definition) is 6. The second kappa shape index (κ2) is 8.18. The molecular weight excluding hydrogens is 475 g/mol. The van der Waals surface area contributed by atoms with Crippen LogP contribution < -0.4 is 9.47 Å². The van der Waals surface area contributed by atoms with E-state index in [0.29, 0.717) is 24.7 Å². The summed E-state index contributed by atoms with van der Waals surface area (Å²) in [5.41, 5.74) is 0. The van der Waals surface area contributed by atoms with Crippen LogP contribution in [-0.2, 0) is 20.0 Å². The van der Waals surface area contributed by atoms with Crippen molar-refractivity contribution in [3.8, 4) is 11.5 Å². The lowest BCUT2D eigenvalue weighted by Gasteiger charge is -2.33. The summed E-state index contributed by atoms with van der Waals surface area (Å²) in [6, 6.07) is 8.54. The number of nitrogens with zero attached hydrogens (tertiary/aromatic N) is 2. The van der Waals surface area contributed by atoms with Gasteiger partial charge in [0, 0.05) is 42.3 Å². The molecule has 30 heavy (non-hydrogen) atoms. The molecule has 12 heteroatoms.